The summed E-state index contributed by atoms with van der Waals surface area (Å²) in [6, 6.07) is 8.30. The van der Waals surface area contributed by atoms with Crippen LogP contribution in [-0.2, 0) is 0 Å². The number of hydrogen-bond donors (Lipinski definition) is 1. The molecule has 15 heavy (non-hydrogen) atoms. The third-order valence-corrected chi connectivity index (χ3v) is 3.09. The smallest absolute Gasteiger partial charge is 0.0743 e. The Morgan fingerprint density at radius 2 is 2.27 bits per heavy atom. The predicted molar refractivity (Wildman–Crippen MR) is 66.0 cm³/mol. The lowest BCUT2D eigenvalue weighted by Crippen LogP contribution is -2.08. The zero-order chi connectivity index (χ0) is 11.1. The van der Waals surface area contributed by atoms with E-state index in [1.54, 1.807) is 18.7 Å². The maximum Gasteiger partial charge on any atom is 0.0743 e. The SMILES string of the molecule is CC#CCC(O)CSc1cccc(C)c1. The highest BCUT2D eigenvalue weighted by atomic mass is 32.2. The van der Waals surface area contributed by atoms with Gasteiger partial charge in [-0.2, -0.15) is 0 Å². The van der Waals surface area contributed by atoms with Gasteiger partial charge < -0.3 is 5.11 Å². The fourth-order valence-electron chi connectivity index (χ4n) is 1.18. The van der Waals surface area contributed by atoms with Gasteiger partial charge in [-0.3, -0.25) is 0 Å². The van der Waals surface area contributed by atoms with Crippen LogP contribution in [0.1, 0.15) is 18.9 Å². The van der Waals surface area contributed by atoms with Crippen LogP contribution in [0.4, 0.5) is 0 Å². The number of rotatable bonds is 4. The Balaban J connectivity index is 2.38. The van der Waals surface area contributed by atoms with E-state index in [-0.39, 0.29) is 6.10 Å². The van der Waals surface area contributed by atoms with Crippen molar-refractivity contribution in [3.8, 4) is 11.8 Å². The summed E-state index contributed by atoms with van der Waals surface area (Å²) >= 11 is 1.68. The average molecular weight is 220 g/mol. The second-order valence-corrected chi connectivity index (χ2v) is 4.51. The topological polar surface area (TPSA) is 20.2 Å². The molecule has 1 N–H and O–H groups in total. The Hall–Kier alpha value is -0.910. The summed E-state index contributed by atoms with van der Waals surface area (Å²) in [7, 11) is 0. The molecule has 0 fully saturated rings. The molecule has 0 aliphatic heterocycles. The zero-order valence-corrected chi connectivity index (χ0v) is 9.97. The normalized spacial score (nSPS) is 11.7. The highest BCUT2D eigenvalue weighted by Gasteiger charge is 2.02. The van der Waals surface area contributed by atoms with Gasteiger partial charge in [0.25, 0.3) is 0 Å². The third-order valence-electron chi connectivity index (χ3n) is 1.95. The first-order valence-electron chi connectivity index (χ1n) is 4.99. The maximum absolute atomic E-state index is 9.59. The first kappa shape index (κ1) is 12.2. The van der Waals surface area contributed by atoms with Crippen LogP contribution in [0.3, 0.4) is 0 Å². The Bertz CT molecular complexity index is 362. The molecule has 1 aromatic rings. The Kier molecular flexibility index (Phi) is 5.31. The van der Waals surface area contributed by atoms with Crippen molar-refractivity contribution in [1.29, 1.82) is 0 Å². The van der Waals surface area contributed by atoms with Crippen molar-refractivity contribution in [3.05, 3.63) is 29.8 Å². The summed E-state index contributed by atoms with van der Waals surface area (Å²) in [6.07, 6.45) is 0.234. The van der Waals surface area contributed by atoms with Crippen molar-refractivity contribution in [1.82, 2.24) is 0 Å². The highest BCUT2D eigenvalue weighted by Crippen LogP contribution is 2.20. The fraction of sp³-hybridized carbons (Fsp3) is 0.385. The van der Waals surface area contributed by atoms with Gasteiger partial charge in [-0.05, 0) is 26.0 Å². The van der Waals surface area contributed by atoms with Crippen LogP contribution in [-0.4, -0.2) is 17.0 Å². The molecule has 1 aromatic carbocycles. The Labute approximate surface area is 95.9 Å². The molecular formula is C13H16OS. The van der Waals surface area contributed by atoms with Gasteiger partial charge in [0.2, 0.25) is 0 Å². The van der Waals surface area contributed by atoms with Crippen molar-refractivity contribution in [2.75, 3.05) is 5.75 Å². The lowest BCUT2D eigenvalue weighted by atomic mass is 10.2. The number of thioether (sulfide) groups is 1. The molecule has 0 saturated heterocycles. The lowest BCUT2D eigenvalue weighted by Gasteiger charge is -2.06. The fourth-order valence-corrected chi connectivity index (χ4v) is 2.12. The molecule has 1 nitrogen and oxygen atoms in total. The van der Waals surface area contributed by atoms with Crippen LogP contribution in [0.2, 0.25) is 0 Å². The first-order valence-corrected chi connectivity index (χ1v) is 5.98. The molecule has 0 aromatic heterocycles. The van der Waals surface area contributed by atoms with Crippen LogP contribution in [0.15, 0.2) is 29.2 Å². The van der Waals surface area contributed by atoms with Crippen LogP contribution >= 0.6 is 11.8 Å². The van der Waals surface area contributed by atoms with Gasteiger partial charge in [-0.25, -0.2) is 0 Å². The lowest BCUT2D eigenvalue weighted by molar-refractivity contribution is 0.205. The van der Waals surface area contributed by atoms with Gasteiger partial charge in [0.15, 0.2) is 0 Å². The number of aryl methyl sites for hydroxylation is 1. The van der Waals surface area contributed by atoms with E-state index in [0.717, 1.165) is 0 Å². The van der Waals surface area contributed by atoms with Crippen molar-refractivity contribution in [2.24, 2.45) is 0 Å². The third kappa shape index (κ3) is 4.92. The van der Waals surface area contributed by atoms with E-state index in [1.165, 1.54) is 10.5 Å². The molecule has 0 radical (unpaired) electrons. The minimum Gasteiger partial charge on any atom is -0.391 e. The Morgan fingerprint density at radius 1 is 1.47 bits per heavy atom. The van der Waals surface area contributed by atoms with E-state index in [0.29, 0.717) is 12.2 Å². The van der Waals surface area contributed by atoms with Crippen molar-refractivity contribution in [3.63, 3.8) is 0 Å². The molecule has 0 amide bonds. The van der Waals surface area contributed by atoms with E-state index < -0.39 is 0 Å². The van der Waals surface area contributed by atoms with E-state index >= 15 is 0 Å². The number of benzene rings is 1. The molecule has 1 rings (SSSR count). The molecule has 0 spiro atoms. The van der Waals surface area contributed by atoms with Crippen molar-refractivity contribution in [2.45, 2.75) is 31.3 Å². The summed E-state index contributed by atoms with van der Waals surface area (Å²) in [5.74, 6) is 6.38. The van der Waals surface area contributed by atoms with E-state index in [4.69, 9.17) is 0 Å². The van der Waals surface area contributed by atoms with Gasteiger partial charge >= 0.3 is 0 Å². The van der Waals surface area contributed by atoms with Crippen molar-refractivity contribution < 1.29 is 5.11 Å². The molecule has 0 aliphatic rings. The monoisotopic (exact) mass is 220 g/mol. The molecule has 0 aliphatic carbocycles. The average Bonchev–Trinajstić information content (AvgIpc) is 2.23. The second-order valence-electron chi connectivity index (χ2n) is 3.41. The van der Waals surface area contributed by atoms with E-state index in [1.807, 2.05) is 6.07 Å². The minimum absolute atomic E-state index is 0.331. The van der Waals surface area contributed by atoms with Crippen LogP contribution in [0, 0.1) is 18.8 Å². The quantitative estimate of drug-likeness (QED) is 0.622. The van der Waals surface area contributed by atoms with Crippen molar-refractivity contribution >= 4 is 11.8 Å². The van der Waals surface area contributed by atoms with Gasteiger partial charge in [-0.15, -0.1) is 23.6 Å². The minimum atomic E-state index is -0.331. The second kappa shape index (κ2) is 6.55. The predicted octanol–water partition coefficient (Wildman–Crippen LogP) is 2.86. The molecule has 0 saturated carbocycles. The molecule has 1 atom stereocenters. The van der Waals surface area contributed by atoms with Gasteiger partial charge in [0.05, 0.1) is 6.10 Å². The van der Waals surface area contributed by atoms with E-state index in [2.05, 4.69) is 37.0 Å². The summed E-state index contributed by atoms with van der Waals surface area (Å²) in [6.45, 7) is 3.86. The summed E-state index contributed by atoms with van der Waals surface area (Å²) < 4.78 is 0. The first-order chi connectivity index (χ1) is 7.22. The van der Waals surface area contributed by atoms with Crippen LogP contribution in [0.5, 0.6) is 0 Å². The number of hydrogen-bond acceptors (Lipinski definition) is 2. The number of aliphatic hydroxyl groups excluding tert-OH is 1. The van der Waals surface area contributed by atoms with Gasteiger partial charge in [-0.1, -0.05) is 17.7 Å². The Morgan fingerprint density at radius 3 is 2.93 bits per heavy atom. The van der Waals surface area contributed by atoms with Crippen LogP contribution in [0.25, 0.3) is 0 Å². The summed E-state index contributed by atoms with van der Waals surface area (Å²) in [5.41, 5.74) is 1.25. The molecule has 2 heteroatoms. The number of aliphatic hydroxyl groups is 1. The zero-order valence-electron chi connectivity index (χ0n) is 9.16. The van der Waals surface area contributed by atoms with Gasteiger partial charge in [0.1, 0.15) is 0 Å². The van der Waals surface area contributed by atoms with Gasteiger partial charge in [0, 0.05) is 17.1 Å². The maximum atomic E-state index is 9.59. The molecule has 80 valence electrons. The molecular weight excluding hydrogens is 204 g/mol. The largest absolute Gasteiger partial charge is 0.391 e. The highest BCUT2D eigenvalue weighted by molar-refractivity contribution is 7.99. The molecule has 1 unspecified atom stereocenters. The molecule has 0 heterocycles. The van der Waals surface area contributed by atoms with E-state index in [9.17, 15) is 5.11 Å². The van der Waals surface area contributed by atoms with Crippen LogP contribution < -0.4 is 0 Å². The summed E-state index contributed by atoms with van der Waals surface area (Å²) in [5, 5.41) is 9.59. The summed E-state index contributed by atoms with van der Waals surface area (Å²) in [4.78, 5) is 1.21. The molecule has 0 bridgehead atoms. The standard InChI is InChI=1S/C13H16OS/c1-3-4-7-12(14)10-15-13-8-5-6-11(2)9-13/h5-6,8-9,12,14H,7,10H2,1-2H3.